The number of halogens is 1. The van der Waals surface area contributed by atoms with Crippen LogP contribution in [0.5, 0.6) is 11.5 Å². The van der Waals surface area contributed by atoms with Gasteiger partial charge in [-0.2, -0.15) is 0 Å². The number of carbonyl (C=O) groups excluding carboxylic acids is 1. The number of morpholine rings is 1. The Morgan fingerprint density at radius 1 is 1.33 bits per heavy atom. The summed E-state index contributed by atoms with van der Waals surface area (Å²) in [5.41, 5.74) is 0.549. The molecule has 1 atom stereocenters. The molecular weight excluding hydrogens is 412 g/mol. The molecule has 1 N–H and O–H groups in total. The van der Waals surface area contributed by atoms with Gasteiger partial charge in [0.15, 0.2) is 11.5 Å². The maximum absolute atomic E-state index is 12.7. The minimum absolute atomic E-state index is 0.112. The van der Waals surface area contributed by atoms with E-state index in [0.29, 0.717) is 46.6 Å². The zero-order valence-corrected chi connectivity index (χ0v) is 18.3. The van der Waals surface area contributed by atoms with Crippen LogP contribution >= 0.6 is 15.9 Å². The van der Waals surface area contributed by atoms with E-state index in [1.807, 2.05) is 6.92 Å². The van der Waals surface area contributed by atoms with Gasteiger partial charge in [-0.25, -0.2) is 0 Å². The van der Waals surface area contributed by atoms with Crippen LogP contribution < -0.4 is 14.8 Å². The fourth-order valence-electron chi connectivity index (χ4n) is 3.30. The van der Waals surface area contributed by atoms with Crippen molar-refractivity contribution in [3.8, 4) is 11.5 Å². The van der Waals surface area contributed by atoms with Crippen LogP contribution in [-0.2, 0) is 4.74 Å². The van der Waals surface area contributed by atoms with Gasteiger partial charge in [-0.15, -0.1) is 0 Å². The summed E-state index contributed by atoms with van der Waals surface area (Å²) in [5, 5.41) is 3.09. The van der Waals surface area contributed by atoms with Crippen molar-refractivity contribution in [3.05, 3.63) is 22.2 Å². The Labute approximate surface area is 170 Å². The van der Waals surface area contributed by atoms with E-state index in [9.17, 15) is 4.79 Å². The summed E-state index contributed by atoms with van der Waals surface area (Å²) in [6.07, 6.45) is 1.04. The van der Waals surface area contributed by atoms with Crippen molar-refractivity contribution in [3.63, 3.8) is 0 Å². The molecule has 0 spiro atoms. The monoisotopic (exact) mass is 442 g/mol. The number of methoxy groups -OCH3 is 1. The lowest BCUT2D eigenvalue weighted by atomic mass is 10.0. The second-order valence-corrected chi connectivity index (χ2v) is 7.92. The molecule has 6 nitrogen and oxygen atoms in total. The van der Waals surface area contributed by atoms with Gasteiger partial charge in [-0.3, -0.25) is 9.69 Å². The molecule has 1 aromatic carbocycles. The standard InChI is InChI=1S/C20H31BrN2O4/c1-5-27-19-17(21)11-15(12-18(19)25-4)20(24)22-13-16(10-14(2)3)23-6-8-26-9-7-23/h11-12,14,16H,5-10,13H2,1-4H3,(H,22,24). The molecule has 1 heterocycles. The lowest BCUT2D eigenvalue weighted by Crippen LogP contribution is -2.49. The van der Waals surface area contributed by atoms with Gasteiger partial charge in [-0.05, 0) is 47.3 Å². The quantitative estimate of drug-likeness (QED) is 0.635. The van der Waals surface area contributed by atoms with Crippen molar-refractivity contribution in [2.24, 2.45) is 5.92 Å². The summed E-state index contributed by atoms with van der Waals surface area (Å²) in [6.45, 7) is 10.8. The van der Waals surface area contributed by atoms with Gasteiger partial charge in [0.25, 0.3) is 5.91 Å². The number of carbonyl (C=O) groups is 1. The largest absolute Gasteiger partial charge is 0.493 e. The first-order chi connectivity index (χ1) is 13.0. The van der Waals surface area contributed by atoms with Crippen LogP contribution in [0, 0.1) is 5.92 Å². The number of rotatable bonds is 9. The molecule has 1 unspecified atom stereocenters. The third-order valence-corrected chi connectivity index (χ3v) is 5.17. The molecule has 1 amide bonds. The van der Waals surface area contributed by atoms with Crippen molar-refractivity contribution in [2.45, 2.75) is 33.2 Å². The first kappa shape index (κ1) is 22.0. The summed E-state index contributed by atoms with van der Waals surface area (Å²) in [4.78, 5) is 15.2. The predicted molar refractivity (Wildman–Crippen MR) is 110 cm³/mol. The van der Waals surface area contributed by atoms with Gasteiger partial charge < -0.3 is 19.5 Å². The van der Waals surface area contributed by atoms with Gasteiger partial charge in [0.2, 0.25) is 0 Å². The number of amides is 1. The Hall–Kier alpha value is -1.31. The molecule has 2 rings (SSSR count). The van der Waals surface area contributed by atoms with Gasteiger partial charge in [-0.1, -0.05) is 13.8 Å². The van der Waals surface area contributed by atoms with E-state index < -0.39 is 0 Å². The molecule has 7 heteroatoms. The zero-order valence-electron chi connectivity index (χ0n) is 16.7. The van der Waals surface area contributed by atoms with Gasteiger partial charge >= 0.3 is 0 Å². The average Bonchev–Trinajstić information content (AvgIpc) is 2.66. The molecule has 0 saturated carbocycles. The van der Waals surface area contributed by atoms with Gasteiger partial charge in [0.1, 0.15) is 0 Å². The van der Waals surface area contributed by atoms with Crippen LogP contribution in [-0.4, -0.2) is 63.4 Å². The molecule has 27 heavy (non-hydrogen) atoms. The Kier molecular flexibility index (Phi) is 8.86. The summed E-state index contributed by atoms with van der Waals surface area (Å²) >= 11 is 3.48. The fraction of sp³-hybridized carbons (Fsp3) is 0.650. The molecule has 0 aliphatic carbocycles. The molecule has 0 radical (unpaired) electrons. The molecule has 0 bridgehead atoms. The Morgan fingerprint density at radius 2 is 2.04 bits per heavy atom. The molecule has 1 aromatic rings. The number of hydrogen-bond donors (Lipinski definition) is 1. The lowest BCUT2D eigenvalue weighted by molar-refractivity contribution is 0.0124. The predicted octanol–water partition coefficient (Wildman–Crippen LogP) is 3.33. The number of hydrogen-bond acceptors (Lipinski definition) is 5. The highest BCUT2D eigenvalue weighted by Gasteiger charge is 2.23. The lowest BCUT2D eigenvalue weighted by Gasteiger charge is -2.35. The highest BCUT2D eigenvalue weighted by Crippen LogP contribution is 2.36. The van der Waals surface area contributed by atoms with Crippen molar-refractivity contribution in [1.29, 1.82) is 0 Å². The normalized spacial score (nSPS) is 16.2. The van der Waals surface area contributed by atoms with E-state index in [0.717, 1.165) is 32.7 Å². The molecule has 0 aromatic heterocycles. The topological polar surface area (TPSA) is 60.0 Å². The molecule has 1 fully saturated rings. The van der Waals surface area contributed by atoms with Crippen molar-refractivity contribution in [1.82, 2.24) is 10.2 Å². The van der Waals surface area contributed by atoms with Gasteiger partial charge in [0, 0.05) is 31.2 Å². The molecule has 1 aliphatic rings. The van der Waals surface area contributed by atoms with Crippen molar-refractivity contribution >= 4 is 21.8 Å². The van der Waals surface area contributed by atoms with Crippen LogP contribution in [0.1, 0.15) is 37.6 Å². The van der Waals surface area contributed by atoms with Crippen LogP contribution in [0.15, 0.2) is 16.6 Å². The van der Waals surface area contributed by atoms with E-state index in [4.69, 9.17) is 14.2 Å². The van der Waals surface area contributed by atoms with E-state index >= 15 is 0 Å². The smallest absolute Gasteiger partial charge is 0.251 e. The number of nitrogens with one attached hydrogen (secondary N) is 1. The Balaban J connectivity index is 2.06. The second-order valence-electron chi connectivity index (χ2n) is 7.06. The fourth-order valence-corrected chi connectivity index (χ4v) is 3.85. The van der Waals surface area contributed by atoms with Crippen LogP contribution in [0.3, 0.4) is 0 Å². The molecular formula is C20H31BrN2O4. The zero-order chi connectivity index (χ0) is 19.8. The highest BCUT2D eigenvalue weighted by molar-refractivity contribution is 9.10. The minimum Gasteiger partial charge on any atom is -0.493 e. The minimum atomic E-state index is -0.112. The summed E-state index contributed by atoms with van der Waals surface area (Å²) < 4.78 is 17.1. The van der Waals surface area contributed by atoms with Crippen molar-refractivity contribution < 1.29 is 19.0 Å². The first-order valence-electron chi connectivity index (χ1n) is 9.56. The first-order valence-corrected chi connectivity index (χ1v) is 10.4. The van der Waals surface area contributed by atoms with Crippen LogP contribution in [0.25, 0.3) is 0 Å². The number of ether oxygens (including phenoxy) is 3. The average molecular weight is 443 g/mol. The summed E-state index contributed by atoms with van der Waals surface area (Å²) in [6, 6.07) is 3.80. The van der Waals surface area contributed by atoms with Crippen molar-refractivity contribution in [2.75, 3.05) is 46.6 Å². The maximum Gasteiger partial charge on any atom is 0.251 e. The molecule has 152 valence electrons. The third-order valence-electron chi connectivity index (χ3n) is 4.58. The van der Waals surface area contributed by atoms with E-state index in [2.05, 4.69) is 40.0 Å². The van der Waals surface area contributed by atoms with E-state index in [1.54, 1.807) is 19.2 Å². The summed E-state index contributed by atoms with van der Waals surface area (Å²) in [5.74, 6) is 1.61. The number of nitrogens with zero attached hydrogens (tertiary/aromatic N) is 1. The van der Waals surface area contributed by atoms with Crippen LogP contribution in [0.2, 0.25) is 0 Å². The summed E-state index contributed by atoms with van der Waals surface area (Å²) in [7, 11) is 1.57. The van der Waals surface area contributed by atoms with Crippen LogP contribution in [0.4, 0.5) is 0 Å². The Morgan fingerprint density at radius 3 is 2.63 bits per heavy atom. The maximum atomic E-state index is 12.7. The Bertz CT molecular complexity index is 618. The molecule has 1 saturated heterocycles. The highest BCUT2D eigenvalue weighted by atomic mass is 79.9. The van der Waals surface area contributed by atoms with E-state index in [-0.39, 0.29) is 5.91 Å². The second kappa shape index (κ2) is 10.9. The van der Waals surface area contributed by atoms with Gasteiger partial charge in [0.05, 0.1) is 31.4 Å². The third kappa shape index (κ3) is 6.36. The SMILES string of the molecule is CCOc1c(Br)cc(C(=O)NCC(CC(C)C)N2CCOCC2)cc1OC. The van der Waals surface area contributed by atoms with E-state index in [1.165, 1.54) is 0 Å². The number of benzene rings is 1. The molecule has 1 aliphatic heterocycles.